The molecule has 1 aromatic carbocycles. The predicted octanol–water partition coefficient (Wildman–Crippen LogP) is 3.59. The van der Waals surface area contributed by atoms with Crippen LogP contribution in [0, 0.1) is 11.7 Å². The molecule has 3 amide bonds. The van der Waals surface area contributed by atoms with Crippen LogP contribution in [0.15, 0.2) is 18.2 Å². The Morgan fingerprint density at radius 3 is 2.33 bits per heavy atom. The third-order valence-corrected chi connectivity index (χ3v) is 3.77. The van der Waals surface area contributed by atoms with Crippen molar-refractivity contribution in [3.05, 3.63) is 24.0 Å². The molecule has 0 aromatic heterocycles. The molecular formula is C15H17F4N3O2. The van der Waals surface area contributed by atoms with Crippen LogP contribution >= 0.6 is 0 Å². The average molecular weight is 347 g/mol. The molecule has 2 N–H and O–H groups in total. The molecule has 0 bridgehead atoms. The number of benzene rings is 1. The highest BCUT2D eigenvalue weighted by Crippen LogP contribution is 2.34. The zero-order chi connectivity index (χ0) is 17.9. The van der Waals surface area contributed by atoms with E-state index in [1.54, 1.807) is 0 Å². The first kappa shape index (κ1) is 18.0. The number of likely N-dealkylation sites (tertiary alicyclic amines) is 1. The number of amides is 3. The van der Waals surface area contributed by atoms with E-state index in [9.17, 15) is 27.2 Å². The van der Waals surface area contributed by atoms with E-state index >= 15 is 0 Å². The molecular weight excluding hydrogens is 330 g/mol. The Bertz CT molecular complexity index is 626. The zero-order valence-electron chi connectivity index (χ0n) is 12.9. The predicted molar refractivity (Wildman–Crippen MR) is 80.1 cm³/mol. The van der Waals surface area contributed by atoms with Crippen molar-refractivity contribution in [3.8, 4) is 0 Å². The smallest absolute Gasteiger partial charge is 0.326 e. The summed E-state index contributed by atoms with van der Waals surface area (Å²) in [4.78, 5) is 24.3. The Morgan fingerprint density at radius 1 is 1.17 bits per heavy atom. The lowest BCUT2D eigenvalue weighted by molar-refractivity contribution is -0.183. The molecule has 132 valence electrons. The summed E-state index contributed by atoms with van der Waals surface area (Å²) in [6, 6.07) is 2.99. The van der Waals surface area contributed by atoms with Gasteiger partial charge in [0.2, 0.25) is 5.91 Å². The number of nitrogens with one attached hydrogen (secondary N) is 2. The summed E-state index contributed by atoms with van der Waals surface area (Å²) in [6.45, 7) is 1.18. The molecule has 5 nitrogen and oxygen atoms in total. The fourth-order valence-corrected chi connectivity index (χ4v) is 2.51. The molecule has 1 fully saturated rings. The molecule has 1 aliphatic rings. The Morgan fingerprint density at radius 2 is 1.79 bits per heavy atom. The van der Waals surface area contributed by atoms with Gasteiger partial charge in [-0.15, -0.1) is 0 Å². The SMILES string of the molecule is CC(=O)Nc1ccc(F)c(NC(=O)N2CCC(C(F)(F)F)CC2)c1. The summed E-state index contributed by atoms with van der Waals surface area (Å²) < 4.78 is 51.6. The van der Waals surface area contributed by atoms with Crippen molar-refractivity contribution in [2.45, 2.75) is 25.9 Å². The Balaban J connectivity index is 1.99. The Kier molecular flexibility index (Phi) is 5.30. The topological polar surface area (TPSA) is 61.4 Å². The number of nitrogens with zero attached hydrogens (tertiary/aromatic N) is 1. The van der Waals surface area contributed by atoms with E-state index in [0.29, 0.717) is 5.69 Å². The maximum Gasteiger partial charge on any atom is 0.391 e. The van der Waals surface area contributed by atoms with Crippen molar-refractivity contribution in [2.75, 3.05) is 23.7 Å². The van der Waals surface area contributed by atoms with E-state index in [-0.39, 0.29) is 37.5 Å². The van der Waals surface area contributed by atoms with Crippen molar-refractivity contribution in [1.29, 1.82) is 0 Å². The highest BCUT2D eigenvalue weighted by molar-refractivity contribution is 5.92. The molecule has 0 spiro atoms. The maximum absolute atomic E-state index is 13.8. The zero-order valence-corrected chi connectivity index (χ0v) is 12.9. The first-order chi connectivity index (χ1) is 11.2. The minimum Gasteiger partial charge on any atom is -0.326 e. The van der Waals surface area contributed by atoms with Gasteiger partial charge in [-0.3, -0.25) is 4.79 Å². The number of hydrogen-bond acceptors (Lipinski definition) is 2. The van der Waals surface area contributed by atoms with Crippen molar-refractivity contribution in [3.63, 3.8) is 0 Å². The minimum absolute atomic E-state index is 0.0526. The summed E-state index contributed by atoms with van der Waals surface area (Å²) in [5.74, 6) is -2.47. The minimum atomic E-state index is -4.26. The molecule has 2 rings (SSSR count). The average Bonchev–Trinajstić information content (AvgIpc) is 2.49. The number of carbonyl (C=O) groups is 2. The van der Waals surface area contributed by atoms with E-state index in [4.69, 9.17) is 0 Å². The van der Waals surface area contributed by atoms with Gasteiger partial charge in [0.25, 0.3) is 0 Å². The summed E-state index contributed by atoms with van der Waals surface area (Å²) in [6.07, 6.45) is -4.61. The maximum atomic E-state index is 13.8. The van der Waals surface area contributed by atoms with E-state index in [2.05, 4.69) is 10.6 Å². The molecule has 0 saturated carbocycles. The second-order valence-electron chi connectivity index (χ2n) is 5.61. The summed E-state index contributed by atoms with van der Waals surface area (Å²) >= 11 is 0. The van der Waals surface area contributed by atoms with E-state index in [1.807, 2.05) is 0 Å². The van der Waals surface area contributed by atoms with Crippen LogP contribution in [-0.2, 0) is 4.79 Å². The monoisotopic (exact) mass is 347 g/mol. The number of hydrogen-bond donors (Lipinski definition) is 2. The van der Waals surface area contributed by atoms with Gasteiger partial charge in [0.15, 0.2) is 0 Å². The highest BCUT2D eigenvalue weighted by Gasteiger charge is 2.41. The Labute approximate surface area is 136 Å². The number of carbonyl (C=O) groups excluding carboxylic acids is 2. The highest BCUT2D eigenvalue weighted by atomic mass is 19.4. The van der Waals surface area contributed by atoms with Crippen LogP contribution in [0.2, 0.25) is 0 Å². The fraction of sp³-hybridized carbons (Fsp3) is 0.467. The number of anilines is 2. The van der Waals surface area contributed by atoms with Gasteiger partial charge in [-0.1, -0.05) is 0 Å². The van der Waals surface area contributed by atoms with Crippen molar-refractivity contribution >= 4 is 23.3 Å². The van der Waals surface area contributed by atoms with Gasteiger partial charge in [0.1, 0.15) is 5.82 Å². The van der Waals surface area contributed by atoms with Crippen LogP contribution in [0.25, 0.3) is 0 Å². The van der Waals surface area contributed by atoms with Crippen LogP contribution < -0.4 is 10.6 Å². The summed E-state index contributed by atoms with van der Waals surface area (Å²) in [5, 5.41) is 4.78. The van der Waals surface area contributed by atoms with Gasteiger partial charge < -0.3 is 15.5 Å². The van der Waals surface area contributed by atoms with Crippen LogP contribution in [0.4, 0.5) is 33.7 Å². The lowest BCUT2D eigenvalue weighted by Crippen LogP contribution is -2.44. The summed E-state index contributed by atoms with van der Waals surface area (Å²) in [7, 11) is 0. The molecule has 0 radical (unpaired) electrons. The quantitative estimate of drug-likeness (QED) is 0.803. The third-order valence-electron chi connectivity index (χ3n) is 3.77. The first-order valence-corrected chi connectivity index (χ1v) is 7.36. The van der Waals surface area contributed by atoms with Crippen LogP contribution in [-0.4, -0.2) is 36.1 Å². The second-order valence-corrected chi connectivity index (χ2v) is 5.61. The van der Waals surface area contributed by atoms with Crippen LogP contribution in [0.5, 0.6) is 0 Å². The lowest BCUT2D eigenvalue weighted by Gasteiger charge is -2.32. The molecule has 9 heteroatoms. The number of piperidine rings is 1. The lowest BCUT2D eigenvalue weighted by atomic mass is 9.96. The normalized spacial score (nSPS) is 16.0. The van der Waals surface area contributed by atoms with Gasteiger partial charge in [0.05, 0.1) is 11.6 Å². The van der Waals surface area contributed by atoms with Gasteiger partial charge in [-0.05, 0) is 31.0 Å². The number of urea groups is 1. The molecule has 1 saturated heterocycles. The van der Waals surface area contributed by atoms with E-state index < -0.39 is 23.9 Å². The number of rotatable bonds is 2. The molecule has 1 aliphatic heterocycles. The molecule has 0 aliphatic carbocycles. The third kappa shape index (κ3) is 4.59. The standard InChI is InChI=1S/C15H17F4N3O2/c1-9(23)20-11-2-3-12(16)13(8-11)21-14(24)22-6-4-10(5-7-22)15(17,18)19/h2-3,8,10H,4-7H2,1H3,(H,20,23)(H,21,24). The van der Waals surface area contributed by atoms with Crippen molar-refractivity contribution in [1.82, 2.24) is 4.90 Å². The fourth-order valence-electron chi connectivity index (χ4n) is 2.51. The molecule has 24 heavy (non-hydrogen) atoms. The largest absolute Gasteiger partial charge is 0.391 e. The van der Waals surface area contributed by atoms with Crippen LogP contribution in [0.1, 0.15) is 19.8 Å². The molecule has 1 heterocycles. The summed E-state index contributed by atoms with van der Waals surface area (Å²) in [5.41, 5.74) is 0.152. The van der Waals surface area contributed by atoms with Gasteiger partial charge >= 0.3 is 12.2 Å². The molecule has 0 unspecified atom stereocenters. The van der Waals surface area contributed by atoms with Crippen LogP contribution in [0.3, 0.4) is 0 Å². The number of halogens is 4. The number of alkyl halides is 3. The van der Waals surface area contributed by atoms with Gasteiger partial charge in [-0.25, -0.2) is 9.18 Å². The van der Waals surface area contributed by atoms with E-state index in [0.717, 1.165) is 6.07 Å². The first-order valence-electron chi connectivity index (χ1n) is 7.36. The molecule has 1 aromatic rings. The Hall–Kier alpha value is -2.32. The molecule has 0 atom stereocenters. The van der Waals surface area contributed by atoms with E-state index in [1.165, 1.54) is 24.0 Å². The van der Waals surface area contributed by atoms with Gasteiger partial charge in [0, 0.05) is 25.7 Å². The second kappa shape index (κ2) is 7.06. The van der Waals surface area contributed by atoms with Crippen molar-refractivity contribution in [2.24, 2.45) is 5.92 Å². The van der Waals surface area contributed by atoms with Gasteiger partial charge in [-0.2, -0.15) is 13.2 Å². The van der Waals surface area contributed by atoms with Crippen molar-refractivity contribution < 1.29 is 27.2 Å².